The molecule has 0 fully saturated rings. The van der Waals surface area contributed by atoms with Crippen LogP contribution in [-0.4, -0.2) is 26.9 Å². The number of nitrogens with zero attached hydrogens (tertiary/aromatic N) is 3. The van der Waals surface area contributed by atoms with E-state index in [4.69, 9.17) is 16.3 Å². The molecule has 0 saturated heterocycles. The zero-order chi connectivity index (χ0) is 20.3. The highest BCUT2D eigenvalue weighted by Gasteiger charge is 2.11. The molecular formula is C20H21ClN4O3. The molecule has 1 N–H and O–H groups in total. The predicted molar refractivity (Wildman–Crippen MR) is 110 cm³/mol. The molecule has 2 aromatic heterocycles. The van der Waals surface area contributed by atoms with E-state index in [1.54, 1.807) is 26.2 Å². The lowest BCUT2D eigenvalue weighted by molar-refractivity contribution is -0.120. The fourth-order valence-electron chi connectivity index (χ4n) is 2.69. The van der Waals surface area contributed by atoms with Crippen LogP contribution in [0.2, 0.25) is 5.02 Å². The third kappa shape index (κ3) is 4.14. The normalized spacial score (nSPS) is 10.9. The van der Waals surface area contributed by atoms with Crippen molar-refractivity contribution < 1.29 is 9.53 Å². The molecule has 0 aliphatic rings. The lowest BCUT2D eigenvalue weighted by Crippen LogP contribution is -2.21. The van der Waals surface area contributed by atoms with Gasteiger partial charge in [0.1, 0.15) is 17.5 Å². The first-order valence-electron chi connectivity index (χ1n) is 8.99. The number of rotatable bonds is 7. The summed E-state index contributed by atoms with van der Waals surface area (Å²) >= 11 is 6.19. The van der Waals surface area contributed by atoms with Crippen molar-refractivity contribution >= 4 is 39.8 Å². The highest BCUT2D eigenvalue weighted by atomic mass is 35.5. The number of ether oxygens (including phenoxy) is 1. The average Bonchev–Trinajstić information content (AvgIpc) is 2.70. The van der Waals surface area contributed by atoms with Gasteiger partial charge in [-0.3, -0.25) is 9.59 Å². The number of nitrogens with one attached hydrogen (secondary N) is 1. The molecule has 0 aliphatic heterocycles. The number of pyridine rings is 1. The number of aromatic nitrogens is 3. The van der Waals surface area contributed by atoms with Crippen molar-refractivity contribution in [3.05, 3.63) is 51.7 Å². The van der Waals surface area contributed by atoms with Gasteiger partial charge in [-0.25, -0.2) is 9.97 Å². The summed E-state index contributed by atoms with van der Waals surface area (Å²) in [6.07, 6.45) is 2.63. The van der Waals surface area contributed by atoms with Crippen LogP contribution in [0.1, 0.15) is 26.1 Å². The minimum absolute atomic E-state index is 0.0669. The van der Waals surface area contributed by atoms with E-state index in [9.17, 15) is 9.59 Å². The molecule has 8 heteroatoms. The molecule has 146 valence electrons. The number of hydrogen-bond donors (Lipinski definition) is 1. The van der Waals surface area contributed by atoms with Crippen LogP contribution in [0, 0.1) is 0 Å². The maximum Gasteiger partial charge on any atom is 0.293 e. The minimum atomic E-state index is -0.288. The molecule has 7 nitrogen and oxygen atoms in total. The van der Waals surface area contributed by atoms with Crippen LogP contribution in [0.4, 0.5) is 11.5 Å². The maximum absolute atomic E-state index is 12.5. The van der Waals surface area contributed by atoms with E-state index in [0.717, 1.165) is 16.6 Å². The van der Waals surface area contributed by atoms with Gasteiger partial charge in [-0.1, -0.05) is 25.4 Å². The van der Waals surface area contributed by atoms with Gasteiger partial charge in [0, 0.05) is 31.0 Å². The van der Waals surface area contributed by atoms with Crippen LogP contribution in [-0.2, 0) is 18.3 Å². The zero-order valence-corrected chi connectivity index (χ0v) is 16.7. The summed E-state index contributed by atoms with van der Waals surface area (Å²) in [6.45, 7) is 3.60. The van der Waals surface area contributed by atoms with E-state index in [-0.39, 0.29) is 23.7 Å². The van der Waals surface area contributed by atoms with Crippen LogP contribution >= 0.6 is 11.6 Å². The Hall–Kier alpha value is -2.93. The molecule has 1 aromatic carbocycles. The van der Waals surface area contributed by atoms with Crippen LogP contribution < -0.4 is 15.6 Å². The number of carbonyl (C=O) groups is 1. The Morgan fingerprint density at radius 3 is 2.79 bits per heavy atom. The standard InChI is InChI=1S/C20H21ClN4O3/c1-4-14(26)11-28-17-9-12-8-13(6-7-16(12)25(3)20(17)27)23-19-15(21)10-22-18(5-2)24-19/h6-10H,4-5,11H2,1-3H3,(H,22,23,24). The third-order valence-corrected chi connectivity index (χ3v) is 4.62. The molecule has 3 rings (SSSR count). The van der Waals surface area contributed by atoms with Crippen molar-refractivity contribution in [2.24, 2.45) is 7.05 Å². The van der Waals surface area contributed by atoms with Crippen molar-refractivity contribution in [2.75, 3.05) is 11.9 Å². The van der Waals surface area contributed by atoms with Gasteiger partial charge < -0.3 is 14.6 Å². The number of benzene rings is 1. The summed E-state index contributed by atoms with van der Waals surface area (Å²) in [5, 5.41) is 4.39. The van der Waals surface area contributed by atoms with E-state index < -0.39 is 0 Å². The average molecular weight is 401 g/mol. The van der Waals surface area contributed by atoms with Crippen LogP contribution in [0.5, 0.6) is 5.75 Å². The monoisotopic (exact) mass is 400 g/mol. The zero-order valence-electron chi connectivity index (χ0n) is 16.0. The van der Waals surface area contributed by atoms with Crippen molar-refractivity contribution in [3.8, 4) is 5.75 Å². The Kier molecular flexibility index (Phi) is 5.94. The number of hydrogen-bond acceptors (Lipinski definition) is 6. The summed E-state index contributed by atoms with van der Waals surface area (Å²) in [7, 11) is 1.67. The second kappa shape index (κ2) is 8.39. The first kappa shape index (κ1) is 19.8. The molecule has 0 bridgehead atoms. The third-order valence-electron chi connectivity index (χ3n) is 4.35. The Labute approximate surface area is 167 Å². The van der Waals surface area contributed by atoms with Crippen molar-refractivity contribution in [2.45, 2.75) is 26.7 Å². The smallest absolute Gasteiger partial charge is 0.293 e. The van der Waals surface area contributed by atoms with Crippen molar-refractivity contribution in [3.63, 3.8) is 0 Å². The molecule has 0 spiro atoms. The van der Waals surface area contributed by atoms with E-state index in [0.29, 0.717) is 29.5 Å². The first-order valence-corrected chi connectivity index (χ1v) is 9.37. The number of aryl methyl sites for hydroxylation is 2. The molecule has 0 amide bonds. The van der Waals surface area contributed by atoms with E-state index in [1.165, 1.54) is 4.57 Å². The fraction of sp³-hybridized carbons (Fsp3) is 0.300. The summed E-state index contributed by atoms with van der Waals surface area (Å²) in [4.78, 5) is 32.5. The van der Waals surface area contributed by atoms with Gasteiger partial charge >= 0.3 is 0 Å². The van der Waals surface area contributed by atoms with Crippen LogP contribution in [0.15, 0.2) is 35.3 Å². The summed E-state index contributed by atoms with van der Waals surface area (Å²) < 4.78 is 6.94. The molecule has 0 saturated carbocycles. The molecular weight excluding hydrogens is 380 g/mol. The van der Waals surface area contributed by atoms with E-state index in [2.05, 4.69) is 15.3 Å². The lowest BCUT2D eigenvalue weighted by atomic mass is 10.2. The predicted octanol–water partition coefficient (Wildman–Crippen LogP) is 3.65. The van der Waals surface area contributed by atoms with Gasteiger partial charge in [0.2, 0.25) is 0 Å². The molecule has 0 radical (unpaired) electrons. The van der Waals surface area contributed by atoms with Crippen LogP contribution in [0.25, 0.3) is 10.9 Å². The molecule has 28 heavy (non-hydrogen) atoms. The molecule has 0 atom stereocenters. The Balaban J connectivity index is 1.97. The van der Waals surface area contributed by atoms with Gasteiger partial charge in [-0.2, -0.15) is 0 Å². The second-order valence-corrected chi connectivity index (χ2v) is 6.70. The quantitative estimate of drug-likeness (QED) is 0.651. The number of fused-ring (bicyclic) bond motifs is 1. The van der Waals surface area contributed by atoms with Crippen molar-refractivity contribution in [1.29, 1.82) is 0 Å². The number of ketones is 1. The number of Topliss-reactive ketones (excluding diaryl/α,β-unsaturated/α-hetero) is 1. The SMILES string of the molecule is CCC(=O)COc1cc2cc(Nc3nc(CC)ncc3Cl)ccc2n(C)c1=O. The van der Waals surface area contributed by atoms with Crippen LogP contribution in [0.3, 0.4) is 0 Å². The molecule has 2 heterocycles. The topological polar surface area (TPSA) is 86.1 Å². The molecule has 0 aliphatic carbocycles. The molecule has 3 aromatic rings. The van der Waals surface area contributed by atoms with E-state index >= 15 is 0 Å². The van der Waals surface area contributed by atoms with Gasteiger partial charge in [0.05, 0.1) is 11.7 Å². The number of carbonyl (C=O) groups excluding carboxylic acids is 1. The summed E-state index contributed by atoms with van der Waals surface area (Å²) in [6, 6.07) is 7.18. The minimum Gasteiger partial charge on any atom is -0.480 e. The molecule has 0 unspecified atom stereocenters. The Bertz CT molecular complexity index is 1090. The summed E-state index contributed by atoms with van der Waals surface area (Å²) in [5.74, 6) is 1.28. The van der Waals surface area contributed by atoms with Gasteiger partial charge in [-0.05, 0) is 24.3 Å². The largest absolute Gasteiger partial charge is 0.480 e. The highest BCUT2D eigenvalue weighted by Crippen LogP contribution is 2.26. The highest BCUT2D eigenvalue weighted by molar-refractivity contribution is 6.32. The Morgan fingerprint density at radius 2 is 2.07 bits per heavy atom. The Morgan fingerprint density at radius 1 is 1.29 bits per heavy atom. The fourth-order valence-corrected chi connectivity index (χ4v) is 2.83. The second-order valence-electron chi connectivity index (χ2n) is 6.29. The number of anilines is 2. The first-order chi connectivity index (χ1) is 13.4. The van der Waals surface area contributed by atoms with E-state index in [1.807, 2.05) is 25.1 Å². The summed E-state index contributed by atoms with van der Waals surface area (Å²) in [5.41, 5.74) is 1.21. The maximum atomic E-state index is 12.5. The number of halogens is 1. The van der Waals surface area contributed by atoms with Crippen molar-refractivity contribution in [1.82, 2.24) is 14.5 Å². The van der Waals surface area contributed by atoms with Gasteiger partial charge in [0.15, 0.2) is 17.4 Å². The lowest BCUT2D eigenvalue weighted by Gasteiger charge is -2.12. The van der Waals surface area contributed by atoms with Gasteiger partial charge in [0.25, 0.3) is 5.56 Å². The van der Waals surface area contributed by atoms with Gasteiger partial charge in [-0.15, -0.1) is 0 Å².